The molecule has 1 aromatic heterocycles. The van der Waals surface area contributed by atoms with Gasteiger partial charge in [0.05, 0.1) is 32.1 Å². The van der Waals surface area contributed by atoms with Gasteiger partial charge in [0.1, 0.15) is 22.1 Å². The molecule has 21 heavy (non-hydrogen) atoms. The first-order valence-corrected chi connectivity index (χ1v) is 10.4. The molecule has 9 heteroatoms. The molecule has 3 heterocycles. The van der Waals surface area contributed by atoms with Crippen LogP contribution in [0.15, 0.2) is 36.4 Å². The fourth-order valence-corrected chi connectivity index (χ4v) is 5.23. The first-order chi connectivity index (χ1) is 10.2. The highest BCUT2D eigenvalue weighted by molar-refractivity contribution is 9.46. The van der Waals surface area contributed by atoms with Crippen LogP contribution < -0.4 is 10.7 Å². The van der Waals surface area contributed by atoms with Crippen LogP contribution >= 0.6 is 42.5 Å². The molecular formula is C12H3Br2N5S2. The maximum absolute atomic E-state index is 4.72. The van der Waals surface area contributed by atoms with E-state index in [1.54, 1.807) is 0 Å². The Labute approximate surface area is 140 Å². The zero-order valence-corrected chi connectivity index (χ0v) is 14.8. The highest BCUT2D eigenvalue weighted by Gasteiger charge is 2.26. The number of nitrogens with zero attached hydrogens (tertiary/aromatic N) is 5. The predicted octanol–water partition coefficient (Wildman–Crippen LogP) is 3.68. The maximum atomic E-state index is 4.72. The molecule has 0 bridgehead atoms. The van der Waals surface area contributed by atoms with E-state index in [0.29, 0.717) is 0 Å². The van der Waals surface area contributed by atoms with Crippen LogP contribution in [-0.2, 0) is 9.31 Å². The Bertz CT molecular complexity index is 1120. The molecule has 2 aromatic carbocycles. The fourth-order valence-electron chi connectivity index (χ4n) is 2.60. The highest BCUT2D eigenvalue weighted by atomic mass is 79.9. The average molecular weight is 441 g/mol. The standard InChI is InChI=1S/C12H3Br2N5S2/c13-4-3-7-11(17-20-16-7)9-8-5(15-10(4)9)1-2-6-12(8)19-21(14)18-6/h1-3H. The molecule has 0 saturated heterocycles. The third-order valence-electron chi connectivity index (χ3n) is 3.43. The molecule has 0 spiro atoms. The molecule has 0 aliphatic carbocycles. The molecule has 5 nitrogen and oxygen atoms in total. The van der Waals surface area contributed by atoms with E-state index in [-0.39, 0.29) is 0 Å². The summed E-state index contributed by atoms with van der Waals surface area (Å²) in [6.07, 6.45) is 0. The lowest BCUT2D eigenvalue weighted by Gasteiger charge is -2.04. The van der Waals surface area contributed by atoms with Gasteiger partial charge in [0, 0.05) is 30.4 Å². The van der Waals surface area contributed by atoms with Crippen molar-refractivity contribution in [3.05, 3.63) is 33.4 Å². The molecule has 1 unspecified atom stereocenters. The summed E-state index contributed by atoms with van der Waals surface area (Å²) in [5, 5.41) is 1.81. The number of halogens is 2. The molecule has 0 amide bonds. The van der Waals surface area contributed by atoms with Crippen LogP contribution in [0.4, 0.5) is 11.4 Å². The number of fused-ring (bicyclic) bond motifs is 7. The van der Waals surface area contributed by atoms with Crippen LogP contribution in [0.3, 0.4) is 0 Å². The summed E-state index contributed by atoms with van der Waals surface area (Å²) in [6, 6.07) is 5.91. The van der Waals surface area contributed by atoms with Gasteiger partial charge in [-0.3, -0.25) is 0 Å². The Morgan fingerprint density at radius 3 is 2.81 bits per heavy atom. The zero-order chi connectivity index (χ0) is 14.1. The monoisotopic (exact) mass is 439 g/mol. The first kappa shape index (κ1) is 12.5. The van der Waals surface area contributed by atoms with Crippen LogP contribution in [0.25, 0.3) is 22.2 Å². The topological polar surface area (TPSA) is 62.9 Å². The van der Waals surface area contributed by atoms with Gasteiger partial charge in [-0.05, 0) is 34.1 Å². The number of benzene rings is 2. The van der Waals surface area contributed by atoms with E-state index < -0.39 is 9.31 Å². The molecule has 2 aliphatic rings. The minimum absolute atomic E-state index is 0.492. The normalized spacial score (nSPS) is 17.7. The summed E-state index contributed by atoms with van der Waals surface area (Å²) < 4.78 is 18.8. The lowest BCUT2D eigenvalue weighted by atomic mass is 10.0. The average Bonchev–Trinajstić information content (AvgIpc) is 3.11. The Morgan fingerprint density at radius 1 is 1.05 bits per heavy atom. The molecule has 1 atom stereocenters. The zero-order valence-electron chi connectivity index (χ0n) is 10.0. The quantitative estimate of drug-likeness (QED) is 0.418. The van der Waals surface area contributed by atoms with Gasteiger partial charge in [-0.25, -0.2) is 4.99 Å². The smallest absolute Gasteiger partial charge is 0.115 e. The van der Waals surface area contributed by atoms with Gasteiger partial charge in [-0.1, -0.05) is 0 Å². The SMILES string of the molecule is Brc1cc2nsnc2c2c1N=c1ccc3c(c1-2)N=S(Br)N=3. The number of hydrogen-bond acceptors (Lipinski definition) is 6. The molecule has 0 N–H and O–H groups in total. The van der Waals surface area contributed by atoms with E-state index in [4.69, 9.17) is 4.99 Å². The van der Waals surface area contributed by atoms with Crippen LogP contribution in [0.5, 0.6) is 0 Å². The van der Waals surface area contributed by atoms with Gasteiger partial charge in [-0.15, -0.1) is 0 Å². The summed E-state index contributed by atoms with van der Waals surface area (Å²) in [6.45, 7) is 0. The van der Waals surface area contributed by atoms with Crippen molar-refractivity contribution in [1.82, 2.24) is 8.75 Å². The van der Waals surface area contributed by atoms with E-state index >= 15 is 0 Å². The largest absolute Gasteiger partial charge is 0.246 e. The van der Waals surface area contributed by atoms with E-state index in [2.05, 4.69) is 48.3 Å². The van der Waals surface area contributed by atoms with E-state index in [1.807, 2.05) is 18.2 Å². The van der Waals surface area contributed by atoms with Gasteiger partial charge >= 0.3 is 0 Å². The first-order valence-electron chi connectivity index (χ1n) is 5.90. The minimum atomic E-state index is -0.492. The highest BCUT2D eigenvalue weighted by Crippen LogP contribution is 2.46. The van der Waals surface area contributed by atoms with E-state index in [0.717, 1.165) is 48.7 Å². The van der Waals surface area contributed by atoms with Gasteiger partial charge in [0.25, 0.3) is 0 Å². The Kier molecular flexibility index (Phi) is 2.53. The second-order valence-electron chi connectivity index (χ2n) is 4.56. The van der Waals surface area contributed by atoms with Gasteiger partial charge in [0.2, 0.25) is 0 Å². The van der Waals surface area contributed by atoms with Crippen molar-refractivity contribution in [2.45, 2.75) is 0 Å². The van der Waals surface area contributed by atoms with Gasteiger partial charge in [0.15, 0.2) is 0 Å². The van der Waals surface area contributed by atoms with Crippen molar-refractivity contribution >= 4 is 74.2 Å². The van der Waals surface area contributed by atoms with Gasteiger partial charge < -0.3 is 0 Å². The van der Waals surface area contributed by atoms with Gasteiger partial charge in [-0.2, -0.15) is 17.5 Å². The molecule has 3 aromatic rings. The fraction of sp³-hybridized carbons (Fsp3) is 0. The molecule has 0 saturated carbocycles. The van der Waals surface area contributed by atoms with E-state index in [1.165, 1.54) is 11.7 Å². The molecule has 0 radical (unpaired) electrons. The van der Waals surface area contributed by atoms with E-state index in [9.17, 15) is 0 Å². The third kappa shape index (κ3) is 1.63. The summed E-state index contributed by atoms with van der Waals surface area (Å²) in [5.74, 6) is 0. The van der Waals surface area contributed by atoms with Crippen molar-refractivity contribution in [2.75, 3.05) is 0 Å². The van der Waals surface area contributed by atoms with Crippen molar-refractivity contribution in [3.63, 3.8) is 0 Å². The summed E-state index contributed by atoms with van der Waals surface area (Å²) in [5.41, 5.74) is 5.56. The predicted molar refractivity (Wildman–Crippen MR) is 90.9 cm³/mol. The second-order valence-corrected chi connectivity index (χ2v) is 8.48. The van der Waals surface area contributed by atoms with Crippen LogP contribution in [0.2, 0.25) is 0 Å². The Balaban J connectivity index is 2.03. The molecule has 102 valence electrons. The number of hydrogen-bond donors (Lipinski definition) is 0. The summed E-state index contributed by atoms with van der Waals surface area (Å²) in [7, 11) is -0.492. The van der Waals surface area contributed by atoms with Crippen LogP contribution in [0.1, 0.15) is 0 Å². The lowest BCUT2D eigenvalue weighted by molar-refractivity contribution is 1.37. The molecule has 0 fully saturated rings. The van der Waals surface area contributed by atoms with Crippen LogP contribution in [-0.4, -0.2) is 8.75 Å². The van der Waals surface area contributed by atoms with Crippen molar-refractivity contribution in [2.24, 2.45) is 13.8 Å². The lowest BCUT2D eigenvalue weighted by Crippen LogP contribution is -2.09. The maximum Gasteiger partial charge on any atom is 0.115 e. The minimum Gasteiger partial charge on any atom is -0.246 e. The third-order valence-corrected chi connectivity index (χ3v) is 6.13. The molecule has 5 rings (SSSR count). The number of aromatic nitrogens is 2. The van der Waals surface area contributed by atoms with Crippen molar-refractivity contribution in [3.8, 4) is 11.1 Å². The summed E-state index contributed by atoms with van der Waals surface area (Å²) in [4.78, 5) is 4.72. The molecular weight excluding hydrogens is 438 g/mol. The molecule has 2 aliphatic heterocycles. The van der Waals surface area contributed by atoms with Crippen LogP contribution in [0, 0.1) is 0 Å². The van der Waals surface area contributed by atoms with Crippen molar-refractivity contribution in [1.29, 1.82) is 0 Å². The number of rotatable bonds is 0. The second kappa shape index (κ2) is 4.25. The Hall–Kier alpha value is -1.03. The van der Waals surface area contributed by atoms with Crippen molar-refractivity contribution < 1.29 is 0 Å². The summed E-state index contributed by atoms with van der Waals surface area (Å²) >= 11 is 8.25. The Morgan fingerprint density at radius 2 is 1.90 bits per heavy atom.